The number of nitrogens with one attached hydrogen (secondary N) is 1. The van der Waals surface area contributed by atoms with Gasteiger partial charge in [-0.3, -0.25) is 0 Å². The van der Waals surface area contributed by atoms with Crippen LogP contribution >= 0.6 is 0 Å². The van der Waals surface area contributed by atoms with Crippen LogP contribution in [0, 0.1) is 6.92 Å². The first-order valence-corrected chi connectivity index (χ1v) is 6.53. The highest BCUT2D eigenvalue weighted by Crippen LogP contribution is 2.26. The molecular weight excluding hydrogens is 216 g/mol. The van der Waals surface area contributed by atoms with Crippen LogP contribution < -0.4 is 5.32 Å². The zero-order chi connectivity index (χ0) is 12.1. The van der Waals surface area contributed by atoms with E-state index < -0.39 is 5.60 Å². The zero-order valence-electron chi connectivity index (χ0n) is 10.5. The van der Waals surface area contributed by atoms with Crippen molar-refractivity contribution < 1.29 is 9.63 Å². The maximum atomic E-state index is 10.4. The van der Waals surface area contributed by atoms with E-state index in [0.29, 0.717) is 13.1 Å². The van der Waals surface area contributed by atoms with Crippen molar-refractivity contribution in [1.82, 2.24) is 10.5 Å². The van der Waals surface area contributed by atoms with Gasteiger partial charge in [0.1, 0.15) is 0 Å². The highest BCUT2D eigenvalue weighted by atomic mass is 16.5. The predicted molar refractivity (Wildman–Crippen MR) is 65.6 cm³/mol. The fourth-order valence-corrected chi connectivity index (χ4v) is 2.48. The van der Waals surface area contributed by atoms with E-state index in [2.05, 4.69) is 10.5 Å². The van der Waals surface area contributed by atoms with Crippen LogP contribution in [0.1, 0.15) is 50.0 Å². The van der Waals surface area contributed by atoms with E-state index in [9.17, 15) is 5.11 Å². The Labute approximate surface area is 102 Å². The molecule has 0 atom stereocenters. The predicted octanol–water partition coefficient (Wildman–Crippen LogP) is 2.16. The average Bonchev–Trinajstić information content (AvgIpc) is 2.58. The van der Waals surface area contributed by atoms with Gasteiger partial charge in [0, 0.05) is 12.6 Å². The maximum Gasteiger partial charge on any atom is 0.150 e. The first kappa shape index (κ1) is 12.6. The molecule has 0 unspecified atom stereocenters. The highest BCUT2D eigenvalue weighted by Gasteiger charge is 2.27. The molecule has 0 aromatic carbocycles. The van der Waals surface area contributed by atoms with Gasteiger partial charge in [0.2, 0.25) is 0 Å². The van der Waals surface area contributed by atoms with E-state index in [1.54, 1.807) is 0 Å². The van der Waals surface area contributed by atoms with Gasteiger partial charge < -0.3 is 14.9 Å². The molecule has 1 aliphatic carbocycles. The normalized spacial score (nSPS) is 20.1. The second-order valence-corrected chi connectivity index (χ2v) is 5.18. The second-order valence-electron chi connectivity index (χ2n) is 5.18. The molecule has 2 rings (SSSR count). The topological polar surface area (TPSA) is 58.3 Å². The second kappa shape index (κ2) is 5.65. The lowest BCUT2D eigenvalue weighted by molar-refractivity contribution is 0.0246. The Kier molecular flexibility index (Phi) is 4.18. The molecule has 1 aliphatic rings. The van der Waals surface area contributed by atoms with Gasteiger partial charge in [-0.05, 0) is 19.8 Å². The first-order valence-electron chi connectivity index (χ1n) is 6.53. The van der Waals surface area contributed by atoms with Gasteiger partial charge in [-0.2, -0.15) is 0 Å². The standard InChI is InChI=1S/C13H22N2O2/c1-11-8-12(17-15-11)9-14-10-13(16)6-4-2-3-5-7-13/h8,14,16H,2-7,9-10H2,1H3. The summed E-state index contributed by atoms with van der Waals surface area (Å²) in [5.74, 6) is 0.833. The van der Waals surface area contributed by atoms with Crippen molar-refractivity contribution in [3.8, 4) is 0 Å². The molecule has 0 saturated heterocycles. The van der Waals surface area contributed by atoms with Crippen LogP contribution in [0.25, 0.3) is 0 Å². The lowest BCUT2D eigenvalue weighted by Crippen LogP contribution is -2.39. The Morgan fingerprint density at radius 1 is 1.35 bits per heavy atom. The maximum absolute atomic E-state index is 10.4. The molecule has 1 heterocycles. The number of hydrogen-bond acceptors (Lipinski definition) is 4. The van der Waals surface area contributed by atoms with E-state index in [1.165, 1.54) is 12.8 Å². The lowest BCUT2D eigenvalue weighted by Gasteiger charge is -2.26. The molecule has 4 heteroatoms. The van der Waals surface area contributed by atoms with E-state index in [4.69, 9.17) is 4.52 Å². The van der Waals surface area contributed by atoms with Gasteiger partial charge in [0.05, 0.1) is 17.8 Å². The van der Waals surface area contributed by atoms with E-state index >= 15 is 0 Å². The van der Waals surface area contributed by atoms with Gasteiger partial charge in [-0.15, -0.1) is 0 Å². The van der Waals surface area contributed by atoms with Crippen LogP contribution in [-0.4, -0.2) is 22.4 Å². The third-order valence-electron chi connectivity index (χ3n) is 3.46. The summed E-state index contributed by atoms with van der Waals surface area (Å²) in [5, 5.41) is 17.5. The molecule has 4 nitrogen and oxygen atoms in total. The minimum atomic E-state index is -0.522. The minimum absolute atomic E-state index is 0.522. The van der Waals surface area contributed by atoms with Crippen LogP contribution in [0.3, 0.4) is 0 Å². The van der Waals surface area contributed by atoms with Gasteiger partial charge in [-0.1, -0.05) is 30.8 Å². The summed E-state index contributed by atoms with van der Waals surface area (Å²) < 4.78 is 5.12. The van der Waals surface area contributed by atoms with Crippen LogP contribution in [0.5, 0.6) is 0 Å². The fourth-order valence-electron chi connectivity index (χ4n) is 2.48. The average molecular weight is 238 g/mol. The SMILES string of the molecule is Cc1cc(CNCC2(O)CCCCCC2)on1. The number of aliphatic hydroxyl groups is 1. The number of aromatic nitrogens is 1. The molecule has 0 spiro atoms. The summed E-state index contributed by atoms with van der Waals surface area (Å²) in [6.45, 7) is 3.20. The molecule has 1 aromatic rings. The molecule has 0 amide bonds. The third-order valence-corrected chi connectivity index (χ3v) is 3.46. The van der Waals surface area contributed by atoms with Crippen molar-refractivity contribution in [3.63, 3.8) is 0 Å². The molecule has 2 N–H and O–H groups in total. The van der Waals surface area contributed by atoms with Crippen molar-refractivity contribution in [3.05, 3.63) is 17.5 Å². The summed E-state index contributed by atoms with van der Waals surface area (Å²) in [6.07, 6.45) is 6.61. The monoisotopic (exact) mass is 238 g/mol. The Bertz CT molecular complexity index is 341. The smallest absolute Gasteiger partial charge is 0.150 e. The third kappa shape index (κ3) is 3.82. The Morgan fingerprint density at radius 2 is 2.06 bits per heavy atom. The first-order chi connectivity index (χ1) is 8.18. The Morgan fingerprint density at radius 3 is 2.65 bits per heavy atom. The van der Waals surface area contributed by atoms with Crippen LogP contribution in [0.15, 0.2) is 10.6 Å². The fraction of sp³-hybridized carbons (Fsp3) is 0.769. The summed E-state index contributed by atoms with van der Waals surface area (Å²) in [5.41, 5.74) is 0.376. The van der Waals surface area contributed by atoms with Crippen LogP contribution in [0.2, 0.25) is 0 Å². The highest BCUT2D eigenvalue weighted by molar-refractivity contribution is 5.02. The van der Waals surface area contributed by atoms with Gasteiger partial charge in [0.25, 0.3) is 0 Å². The number of nitrogens with zero attached hydrogens (tertiary/aromatic N) is 1. The minimum Gasteiger partial charge on any atom is -0.389 e. The molecule has 1 fully saturated rings. The molecule has 0 aliphatic heterocycles. The number of aryl methyl sites for hydroxylation is 1. The molecule has 96 valence electrons. The summed E-state index contributed by atoms with van der Waals surface area (Å²) in [7, 11) is 0. The molecule has 0 bridgehead atoms. The molecular formula is C13H22N2O2. The summed E-state index contributed by atoms with van der Waals surface area (Å²) >= 11 is 0. The molecule has 1 saturated carbocycles. The summed E-state index contributed by atoms with van der Waals surface area (Å²) in [6, 6.07) is 1.92. The van der Waals surface area contributed by atoms with Crippen molar-refractivity contribution >= 4 is 0 Å². The van der Waals surface area contributed by atoms with Gasteiger partial charge in [0.15, 0.2) is 5.76 Å². The van der Waals surface area contributed by atoms with Crippen molar-refractivity contribution in [2.24, 2.45) is 0 Å². The Hall–Kier alpha value is -0.870. The van der Waals surface area contributed by atoms with E-state index in [1.807, 2.05) is 13.0 Å². The van der Waals surface area contributed by atoms with Crippen LogP contribution in [0.4, 0.5) is 0 Å². The molecule has 0 radical (unpaired) electrons. The van der Waals surface area contributed by atoms with Crippen molar-refractivity contribution in [2.45, 2.75) is 57.6 Å². The van der Waals surface area contributed by atoms with E-state index in [-0.39, 0.29) is 0 Å². The zero-order valence-corrected chi connectivity index (χ0v) is 10.5. The van der Waals surface area contributed by atoms with E-state index in [0.717, 1.165) is 37.1 Å². The number of hydrogen-bond donors (Lipinski definition) is 2. The van der Waals surface area contributed by atoms with Crippen LogP contribution in [-0.2, 0) is 6.54 Å². The molecule has 1 aromatic heterocycles. The lowest BCUT2D eigenvalue weighted by atomic mass is 9.94. The number of rotatable bonds is 4. The Balaban J connectivity index is 1.76. The van der Waals surface area contributed by atoms with Gasteiger partial charge in [-0.25, -0.2) is 0 Å². The van der Waals surface area contributed by atoms with Crippen molar-refractivity contribution in [2.75, 3.05) is 6.54 Å². The largest absolute Gasteiger partial charge is 0.389 e. The van der Waals surface area contributed by atoms with Gasteiger partial charge >= 0.3 is 0 Å². The quantitative estimate of drug-likeness (QED) is 0.789. The molecule has 17 heavy (non-hydrogen) atoms. The summed E-state index contributed by atoms with van der Waals surface area (Å²) in [4.78, 5) is 0. The van der Waals surface area contributed by atoms with Crippen molar-refractivity contribution in [1.29, 1.82) is 0 Å².